The van der Waals surface area contributed by atoms with Gasteiger partial charge in [0.2, 0.25) is 0 Å². The van der Waals surface area contributed by atoms with E-state index < -0.39 is 23.5 Å². The molecule has 0 atom stereocenters. The molecule has 0 amide bonds. The van der Waals surface area contributed by atoms with Gasteiger partial charge in [-0.1, -0.05) is 0 Å². The maximum Gasteiger partial charge on any atom is 0.355 e. The molecule has 0 fully saturated rings. The number of carbonyl (C=O) groups excluding carboxylic acids is 3. The second-order valence-corrected chi connectivity index (χ2v) is 5.98. The number of aromatic nitrogens is 1. The van der Waals surface area contributed by atoms with Gasteiger partial charge in [-0.3, -0.25) is 4.79 Å². The summed E-state index contributed by atoms with van der Waals surface area (Å²) in [4.78, 5) is 38.2. The van der Waals surface area contributed by atoms with Crippen LogP contribution in [0.15, 0.2) is 0 Å². The van der Waals surface area contributed by atoms with Crippen molar-refractivity contribution < 1.29 is 28.6 Å². The molecule has 128 valence electrons. The van der Waals surface area contributed by atoms with E-state index in [-0.39, 0.29) is 24.5 Å². The van der Waals surface area contributed by atoms with Gasteiger partial charge < -0.3 is 19.2 Å². The lowest BCUT2D eigenvalue weighted by Crippen LogP contribution is -2.24. The highest BCUT2D eigenvalue weighted by atomic mass is 16.6. The molecule has 0 spiro atoms. The van der Waals surface area contributed by atoms with Crippen LogP contribution in [0.2, 0.25) is 0 Å². The number of hydrogen-bond acceptors (Lipinski definition) is 6. The van der Waals surface area contributed by atoms with Gasteiger partial charge in [-0.25, -0.2) is 9.59 Å². The summed E-state index contributed by atoms with van der Waals surface area (Å²) in [6.45, 7) is 9.82. The molecule has 0 aliphatic heterocycles. The third-order valence-electron chi connectivity index (χ3n) is 2.83. The Kier molecular flexibility index (Phi) is 5.95. The Balaban J connectivity index is 3.22. The standard InChI is InChI=1S/C16H23NO6/c1-7-21-14(19)12-9(2)13(15(20)23-16(4,5)6)17-11(12)8-22-10(3)18/h17H,7-8H2,1-6H3. The summed E-state index contributed by atoms with van der Waals surface area (Å²) in [5.74, 6) is -1.67. The van der Waals surface area contributed by atoms with Crippen LogP contribution in [-0.4, -0.2) is 35.1 Å². The molecule has 0 aromatic carbocycles. The summed E-state index contributed by atoms with van der Waals surface area (Å²) in [5, 5.41) is 0. The molecule has 1 aromatic rings. The van der Waals surface area contributed by atoms with Crippen LogP contribution in [0.3, 0.4) is 0 Å². The van der Waals surface area contributed by atoms with E-state index in [0.29, 0.717) is 11.3 Å². The van der Waals surface area contributed by atoms with E-state index in [1.54, 1.807) is 34.6 Å². The predicted molar refractivity (Wildman–Crippen MR) is 82.1 cm³/mol. The number of aromatic amines is 1. The van der Waals surface area contributed by atoms with E-state index in [1.165, 1.54) is 6.92 Å². The van der Waals surface area contributed by atoms with Crippen LogP contribution < -0.4 is 0 Å². The van der Waals surface area contributed by atoms with Crippen molar-refractivity contribution in [2.75, 3.05) is 6.61 Å². The first-order valence-electron chi connectivity index (χ1n) is 7.32. The summed E-state index contributed by atoms with van der Waals surface area (Å²) in [6.07, 6.45) is 0. The number of H-pyrrole nitrogens is 1. The molecule has 0 unspecified atom stereocenters. The normalized spacial score (nSPS) is 11.0. The summed E-state index contributed by atoms with van der Waals surface area (Å²) >= 11 is 0. The van der Waals surface area contributed by atoms with Crippen LogP contribution in [0.1, 0.15) is 66.7 Å². The Hall–Kier alpha value is -2.31. The molecule has 1 heterocycles. The van der Waals surface area contributed by atoms with Crippen LogP contribution in [0.25, 0.3) is 0 Å². The lowest BCUT2D eigenvalue weighted by molar-refractivity contribution is -0.142. The first kappa shape index (κ1) is 18.7. The zero-order chi connectivity index (χ0) is 17.8. The second-order valence-electron chi connectivity index (χ2n) is 5.98. The number of nitrogens with one attached hydrogen (secondary N) is 1. The average molecular weight is 325 g/mol. The van der Waals surface area contributed by atoms with Crippen molar-refractivity contribution in [3.63, 3.8) is 0 Å². The van der Waals surface area contributed by atoms with Gasteiger partial charge in [0.1, 0.15) is 17.9 Å². The smallest absolute Gasteiger partial charge is 0.355 e. The highest BCUT2D eigenvalue weighted by Crippen LogP contribution is 2.23. The van der Waals surface area contributed by atoms with E-state index >= 15 is 0 Å². The molecule has 23 heavy (non-hydrogen) atoms. The zero-order valence-electron chi connectivity index (χ0n) is 14.4. The Bertz CT molecular complexity index is 609. The Labute approximate surface area is 135 Å². The molecule has 0 aliphatic carbocycles. The predicted octanol–water partition coefficient (Wildman–Crippen LogP) is 2.52. The highest BCUT2D eigenvalue weighted by Gasteiger charge is 2.28. The van der Waals surface area contributed by atoms with Crippen LogP contribution in [0.4, 0.5) is 0 Å². The Morgan fingerprint density at radius 2 is 1.70 bits per heavy atom. The molecular formula is C16H23NO6. The van der Waals surface area contributed by atoms with Crippen LogP contribution >= 0.6 is 0 Å². The van der Waals surface area contributed by atoms with Crippen molar-refractivity contribution >= 4 is 17.9 Å². The van der Waals surface area contributed by atoms with Gasteiger partial charge in [-0.2, -0.15) is 0 Å². The van der Waals surface area contributed by atoms with Crippen molar-refractivity contribution in [2.45, 2.75) is 53.8 Å². The average Bonchev–Trinajstić information content (AvgIpc) is 2.71. The molecule has 0 radical (unpaired) electrons. The van der Waals surface area contributed by atoms with Gasteiger partial charge in [0.25, 0.3) is 0 Å². The van der Waals surface area contributed by atoms with Crippen molar-refractivity contribution in [3.8, 4) is 0 Å². The number of carbonyl (C=O) groups is 3. The quantitative estimate of drug-likeness (QED) is 0.660. The Morgan fingerprint density at radius 1 is 1.09 bits per heavy atom. The van der Waals surface area contributed by atoms with Crippen LogP contribution in [0, 0.1) is 6.92 Å². The first-order chi connectivity index (χ1) is 10.6. The van der Waals surface area contributed by atoms with E-state index in [2.05, 4.69) is 4.98 Å². The number of rotatable bonds is 5. The molecule has 7 heteroatoms. The lowest BCUT2D eigenvalue weighted by Gasteiger charge is -2.19. The monoisotopic (exact) mass is 325 g/mol. The largest absolute Gasteiger partial charge is 0.462 e. The lowest BCUT2D eigenvalue weighted by atomic mass is 10.1. The van der Waals surface area contributed by atoms with Gasteiger partial charge in [0, 0.05) is 6.92 Å². The Morgan fingerprint density at radius 3 is 2.17 bits per heavy atom. The molecule has 0 saturated heterocycles. The fourth-order valence-electron chi connectivity index (χ4n) is 1.95. The number of hydrogen-bond donors (Lipinski definition) is 1. The maximum absolute atomic E-state index is 12.3. The maximum atomic E-state index is 12.3. The van der Waals surface area contributed by atoms with E-state index in [0.717, 1.165) is 0 Å². The molecule has 1 N–H and O–H groups in total. The minimum atomic E-state index is -0.672. The first-order valence-corrected chi connectivity index (χ1v) is 7.32. The molecule has 1 aromatic heterocycles. The van der Waals surface area contributed by atoms with E-state index in [4.69, 9.17) is 14.2 Å². The van der Waals surface area contributed by atoms with Crippen molar-refractivity contribution in [1.82, 2.24) is 4.98 Å². The van der Waals surface area contributed by atoms with Crippen molar-refractivity contribution in [1.29, 1.82) is 0 Å². The van der Waals surface area contributed by atoms with Gasteiger partial charge >= 0.3 is 17.9 Å². The summed E-state index contributed by atoms with van der Waals surface area (Å²) in [5.41, 5.74) is 0.366. The summed E-state index contributed by atoms with van der Waals surface area (Å²) < 4.78 is 15.2. The van der Waals surface area contributed by atoms with Crippen molar-refractivity contribution in [2.24, 2.45) is 0 Å². The number of ether oxygens (including phenoxy) is 3. The second kappa shape index (κ2) is 7.30. The third kappa shape index (κ3) is 5.12. The molecule has 0 bridgehead atoms. The SMILES string of the molecule is CCOC(=O)c1c(COC(C)=O)[nH]c(C(=O)OC(C)(C)C)c1C. The van der Waals surface area contributed by atoms with Crippen LogP contribution in [0.5, 0.6) is 0 Å². The molecule has 0 saturated carbocycles. The summed E-state index contributed by atoms with van der Waals surface area (Å²) in [6, 6.07) is 0. The zero-order valence-corrected chi connectivity index (χ0v) is 14.4. The van der Waals surface area contributed by atoms with Gasteiger partial charge in [-0.05, 0) is 40.2 Å². The fourth-order valence-corrected chi connectivity index (χ4v) is 1.95. The van der Waals surface area contributed by atoms with Crippen molar-refractivity contribution in [3.05, 3.63) is 22.5 Å². The molecule has 1 rings (SSSR count). The summed E-state index contributed by atoms with van der Waals surface area (Å²) in [7, 11) is 0. The molecule has 0 aliphatic rings. The minimum absolute atomic E-state index is 0.144. The van der Waals surface area contributed by atoms with Gasteiger partial charge in [0.15, 0.2) is 0 Å². The fraction of sp³-hybridized carbons (Fsp3) is 0.562. The topological polar surface area (TPSA) is 94.7 Å². The van der Waals surface area contributed by atoms with E-state index in [9.17, 15) is 14.4 Å². The molecule has 7 nitrogen and oxygen atoms in total. The van der Waals surface area contributed by atoms with Gasteiger partial charge in [0.05, 0.1) is 17.9 Å². The van der Waals surface area contributed by atoms with E-state index in [1.807, 2.05) is 0 Å². The highest BCUT2D eigenvalue weighted by molar-refractivity contribution is 5.98. The number of esters is 3. The minimum Gasteiger partial charge on any atom is -0.462 e. The molecular weight excluding hydrogens is 302 g/mol. The van der Waals surface area contributed by atoms with Crippen LogP contribution in [-0.2, 0) is 25.6 Å². The van der Waals surface area contributed by atoms with Gasteiger partial charge in [-0.15, -0.1) is 0 Å². The third-order valence-corrected chi connectivity index (χ3v) is 2.83.